The minimum absolute atomic E-state index is 0.146. The van der Waals surface area contributed by atoms with Crippen LogP contribution in [0.2, 0.25) is 0 Å². The molecule has 0 unspecified atom stereocenters. The molecule has 0 spiro atoms. The van der Waals surface area contributed by atoms with Crippen LogP contribution in [-0.2, 0) is 4.74 Å². The lowest BCUT2D eigenvalue weighted by Gasteiger charge is -2.10. The first kappa shape index (κ1) is 7.79. The summed E-state index contributed by atoms with van der Waals surface area (Å²) in [5.74, 6) is 0.550. The number of hydrogen-bond donors (Lipinski definition) is 0. The number of halogens is 2. The van der Waals surface area contributed by atoms with E-state index < -0.39 is 0 Å². The maximum absolute atomic E-state index is 12.5. The Labute approximate surface area is 67.7 Å². The van der Waals surface area contributed by atoms with Crippen molar-refractivity contribution >= 4 is 15.9 Å². The molecule has 3 heteroatoms. The lowest BCUT2D eigenvalue weighted by molar-refractivity contribution is 0.294. The molecule has 0 N–H and O–H groups in total. The summed E-state index contributed by atoms with van der Waals surface area (Å²) in [6, 6.07) is 0. The normalized spacial score (nSPS) is 18.9. The molecule has 0 heterocycles. The van der Waals surface area contributed by atoms with Gasteiger partial charge < -0.3 is 4.74 Å². The smallest absolute Gasteiger partial charge is 0.114 e. The van der Waals surface area contributed by atoms with E-state index in [9.17, 15) is 4.39 Å². The molecule has 0 aromatic heterocycles. The fraction of sp³-hybridized carbons (Fsp3) is 0.286. The first-order valence-electron chi connectivity index (χ1n) is 2.87. The molecule has 0 aromatic rings. The van der Waals surface area contributed by atoms with Crippen LogP contribution in [0.3, 0.4) is 0 Å². The molecule has 0 saturated carbocycles. The second-order valence-corrected chi connectivity index (χ2v) is 2.77. The van der Waals surface area contributed by atoms with E-state index in [2.05, 4.69) is 15.9 Å². The third-order valence-electron chi connectivity index (χ3n) is 1.22. The zero-order valence-corrected chi connectivity index (χ0v) is 7.11. The van der Waals surface area contributed by atoms with Gasteiger partial charge in [0.2, 0.25) is 0 Å². The molecule has 0 fully saturated rings. The SMILES string of the molecule is COC1=C(Br)C=C(F)C[CH]1. The van der Waals surface area contributed by atoms with Crippen LogP contribution < -0.4 is 0 Å². The maximum atomic E-state index is 12.5. The van der Waals surface area contributed by atoms with Gasteiger partial charge in [-0.05, 0) is 22.0 Å². The average Bonchev–Trinajstić information content (AvgIpc) is 1.88. The third kappa shape index (κ3) is 1.59. The summed E-state index contributed by atoms with van der Waals surface area (Å²) in [4.78, 5) is 0. The number of rotatable bonds is 1. The minimum Gasteiger partial charge on any atom is -0.500 e. The summed E-state index contributed by atoms with van der Waals surface area (Å²) in [7, 11) is 1.56. The Balaban J connectivity index is 2.80. The van der Waals surface area contributed by atoms with Gasteiger partial charge in [-0.3, -0.25) is 0 Å². The summed E-state index contributed by atoms with van der Waals surface area (Å²) in [5.41, 5.74) is 0. The fourth-order valence-electron chi connectivity index (χ4n) is 0.736. The Kier molecular flexibility index (Phi) is 2.49. The van der Waals surface area contributed by atoms with Crippen molar-refractivity contribution in [3.8, 4) is 0 Å². The highest BCUT2D eigenvalue weighted by Gasteiger charge is 2.11. The predicted octanol–water partition coefficient (Wildman–Crippen LogP) is 2.70. The van der Waals surface area contributed by atoms with Crippen LogP contribution >= 0.6 is 15.9 Å². The summed E-state index contributed by atoms with van der Waals surface area (Å²) < 4.78 is 18.0. The molecule has 1 nitrogen and oxygen atoms in total. The highest BCUT2D eigenvalue weighted by Crippen LogP contribution is 2.27. The van der Waals surface area contributed by atoms with Crippen molar-refractivity contribution in [3.05, 3.63) is 28.6 Å². The molecule has 0 amide bonds. The van der Waals surface area contributed by atoms with Gasteiger partial charge in [0.15, 0.2) is 0 Å². The van der Waals surface area contributed by atoms with Gasteiger partial charge in [0.25, 0.3) is 0 Å². The second kappa shape index (κ2) is 3.19. The van der Waals surface area contributed by atoms with Crippen LogP contribution in [0.5, 0.6) is 0 Å². The third-order valence-corrected chi connectivity index (χ3v) is 1.84. The average molecular weight is 206 g/mol. The van der Waals surface area contributed by atoms with E-state index >= 15 is 0 Å². The zero-order valence-electron chi connectivity index (χ0n) is 5.53. The van der Waals surface area contributed by atoms with Crippen molar-refractivity contribution in [2.45, 2.75) is 6.42 Å². The van der Waals surface area contributed by atoms with Gasteiger partial charge in [-0.25, -0.2) is 4.39 Å². The molecule has 1 aliphatic carbocycles. The molecule has 1 aliphatic rings. The summed E-state index contributed by atoms with van der Waals surface area (Å²) in [5, 5.41) is 0. The Morgan fingerprint density at radius 1 is 1.70 bits per heavy atom. The Bertz CT molecular complexity index is 196. The van der Waals surface area contributed by atoms with Gasteiger partial charge >= 0.3 is 0 Å². The van der Waals surface area contributed by atoms with Crippen molar-refractivity contribution in [1.29, 1.82) is 0 Å². The first-order chi connectivity index (χ1) is 4.74. The van der Waals surface area contributed by atoms with Crippen LogP contribution in [0, 0.1) is 6.42 Å². The van der Waals surface area contributed by atoms with Crippen molar-refractivity contribution < 1.29 is 9.13 Å². The van der Waals surface area contributed by atoms with Gasteiger partial charge in [0.1, 0.15) is 11.6 Å². The molecule has 1 rings (SSSR count). The van der Waals surface area contributed by atoms with Crippen molar-refractivity contribution in [2.75, 3.05) is 7.11 Å². The van der Waals surface area contributed by atoms with Gasteiger partial charge in [-0.15, -0.1) is 0 Å². The number of allylic oxidation sites excluding steroid dienone is 4. The van der Waals surface area contributed by atoms with Crippen molar-refractivity contribution in [3.63, 3.8) is 0 Å². The lowest BCUT2D eigenvalue weighted by Crippen LogP contribution is -1.96. The van der Waals surface area contributed by atoms with Gasteiger partial charge in [-0.1, -0.05) is 0 Å². The van der Waals surface area contributed by atoms with E-state index in [1.54, 1.807) is 13.5 Å². The molecule has 55 valence electrons. The second-order valence-electron chi connectivity index (χ2n) is 1.92. The molecule has 0 aromatic carbocycles. The highest BCUT2D eigenvalue weighted by molar-refractivity contribution is 9.11. The molecule has 10 heavy (non-hydrogen) atoms. The summed E-state index contributed by atoms with van der Waals surface area (Å²) in [6.07, 6.45) is 3.44. The Morgan fingerprint density at radius 3 is 2.90 bits per heavy atom. The molecule has 1 radical (unpaired) electrons. The number of ether oxygens (including phenoxy) is 1. The molecule has 0 atom stereocenters. The van der Waals surface area contributed by atoms with Crippen LogP contribution in [0.4, 0.5) is 4.39 Å². The Morgan fingerprint density at radius 2 is 2.40 bits per heavy atom. The van der Waals surface area contributed by atoms with Gasteiger partial charge in [-0.2, -0.15) is 0 Å². The molecular weight excluding hydrogens is 199 g/mol. The van der Waals surface area contributed by atoms with Crippen LogP contribution in [0.1, 0.15) is 6.42 Å². The minimum atomic E-state index is -0.146. The van der Waals surface area contributed by atoms with E-state index in [0.29, 0.717) is 16.7 Å². The Hall–Kier alpha value is -0.310. The van der Waals surface area contributed by atoms with Crippen molar-refractivity contribution in [2.24, 2.45) is 0 Å². The lowest BCUT2D eigenvalue weighted by atomic mass is 10.1. The van der Waals surface area contributed by atoms with E-state index in [1.165, 1.54) is 6.08 Å². The largest absolute Gasteiger partial charge is 0.500 e. The van der Waals surface area contributed by atoms with Gasteiger partial charge in [0, 0.05) is 12.8 Å². The van der Waals surface area contributed by atoms with Crippen LogP contribution in [0.25, 0.3) is 0 Å². The monoisotopic (exact) mass is 205 g/mol. The van der Waals surface area contributed by atoms with E-state index in [1.807, 2.05) is 0 Å². The first-order valence-corrected chi connectivity index (χ1v) is 3.66. The summed E-state index contributed by atoms with van der Waals surface area (Å²) in [6.45, 7) is 0. The quantitative estimate of drug-likeness (QED) is 0.640. The molecule has 0 bridgehead atoms. The van der Waals surface area contributed by atoms with Crippen LogP contribution in [-0.4, -0.2) is 7.11 Å². The molecule has 0 saturated heterocycles. The zero-order chi connectivity index (χ0) is 7.56. The topological polar surface area (TPSA) is 9.23 Å². The summed E-state index contributed by atoms with van der Waals surface area (Å²) >= 11 is 3.16. The van der Waals surface area contributed by atoms with Gasteiger partial charge in [0.05, 0.1) is 11.6 Å². The van der Waals surface area contributed by atoms with E-state index in [4.69, 9.17) is 4.74 Å². The molecule has 0 aliphatic heterocycles. The van der Waals surface area contributed by atoms with E-state index in [-0.39, 0.29) is 5.83 Å². The van der Waals surface area contributed by atoms with E-state index in [0.717, 1.165) is 0 Å². The number of hydrogen-bond acceptors (Lipinski definition) is 1. The standard InChI is InChI=1S/C7H7BrFO/c1-10-7-3-2-5(9)4-6(7)8/h3-4H,2H2,1H3. The van der Waals surface area contributed by atoms with Crippen molar-refractivity contribution in [1.82, 2.24) is 0 Å². The number of methoxy groups -OCH3 is 1. The maximum Gasteiger partial charge on any atom is 0.114 e. The molecular formula is C7H7BrFO. The predicted molar refractivity (Wildman–Crippen MR) is 41.1 cm³/mol. The van der Waals surface area contributed by atoms with Crippen LogP contribution in [0.15, 0.2) is 22.1 Å². The fourth-order valence-corrected chi connectivity index (χ4v) is 1.31. The highest BCUT2D eigenvalue weighted by atomic mass is 79.9.